The van der Waals surface area contributed by atoms with Crippen LogP contribution in [0.5, 0.6) is 0 Å². The highest BCUT2D eigenvalue weighted by Crippen LogP contribution is 2.34. The molecular weight excluding hydrogens is 325 g/mol. The molecule has 0 saturated carbocycles. The van der Waals surface area contributed by atoms with Crippen molar-refractivity contribution in [1.82, 2.24) is 15.2 Å². The SMILES string of the molecule is CNCCN(C)Cc1sc(N)nc1-c1ccc(C(F)(F)F)cc1. The van der Waals surface area contributed by atoms with Crippen molar-refractivity contribution in [3.63, 3.8) is 0 Å². The number of alkyl halides is 3. The molecule has 0 saturated heterocycles. The molecular formula is C15H19F3N4S. The van der Waals surface area contributed by atoms with Crippen molar-refractivity contribution in [2.45, 2.75) is 12.7 Å². The maximum atomic E-state index is 12.6. The van der Waals surface area contributed by atoms with Crippen molar-refractivity contribution in [3.8, 4) is 11.3 Å². The number of anilines is 1. The number of benzene rings is 1. The molecule has 0 aliphatic carbocycles. The Balaban J connectivity index is 2.22. The van der Waals surface area contributed by atoms with Crippen LogP contribution >= 0.6 is 11.3 Å². The average Bonchev–Trinajstić information content (AvgIpc) is 2.85. The van der Waals surface area contributed by atoms with Crippen LogP contribution in [0.1, 0.15) is 10.4 Å². The van der Waals surface area contributed by atoms with Crippen molar-refractivity contribution in [1.29, 1.82) is 0 Å². The molecule has 126 valence electrons. The molecule has 0 spiro atoms. The van der Waals surface area contributed by atoms with Crippen molar-refractivity contribution >= 4 is 16.5 Å². The third-order valence-electron chi connectivity index (χ3n) is 3.36. The highest BCUT2D eigenvalue weighted by atomic mass is 32.1. The predicted molar refractivity (Wildman–Crippen MR) is 87.2 cm³/mol. The first-order chi connectivity index (χ1) is 10.8. The Morgan fingerprint density at radius 1 is 1.26 bits per heavy atom. The summed E-state index contributed by atoms with van der Waals surface area (Å²) in [6, 6.07) is 5.02. The van der Waals surface area contributed by atoms with Crippen LogP contribution in [0, 0.1) is 0 Å². The third kappa shape index (κ3) is 4.66. The van der Waals surface area contributed by atoms with Gasteiger partial charge in [-0.3, -0.25) is 4.90 Å². The topological polar surface area (TPSA) is 54.2 Å². The number of likely N-dealkylation sites (N-methyl/N-ethyl adjacent to an activating group) is 2. The summed E-state index contributed by atoms with van der Waals surface area (Å²) in [6.45, 7) is 2.34. The Hall–Kier alpha value is -1.64. The molecule has 4 nitrogen and oxygen atoms in total. The normalized spacial score (nSPS) is 12.1. The van der Waals surface area contributed by atoms with E-state index in [1.165, 1.54) is 23.5 Å². The lowest BCUT2D eigenvalue weighted by Crippen LogP contribution is -2.26. The minimum atomic E-state index is -4.34. The molecule has 0 atom stereocenters. The van der Waals surface area contributed by atoms with Gasteiger partial charge in [-0.15, -0.1) is 11.3 Å². The zero-order valence-corrected chi connectivity index (χ0v) is 13.8. The molecule has 0 amide bonds. The van der Waals surface area contributed by atoms with E-state index in [1.54, 1.807) is 0 Å². The number of rotatable bonds is 6. The number of thiazole rings is 1. The summed E-state index contributed by atoms with van der Waals surface area (Å²) in [5, 5.41) is 3.48. The lowest BCUT2D eigenvalue weighted by Gasteiger charge is -2.16. The number of hydrogen-bond donors (Lipinski definition) is 2. The molecule has 0 aliphatic heterocycles. The van der Waals surface area contributed by atoms with Crippen molar-refractivity contribution < 1.29 is 13.2 Å². The Labute approximate surface area is 137 Å². The van der Waals surface area contributed by atoms with Crippen molar-refractivity contribution in [3.05, 3.63) is 34.7 Å². The van der Waals surface area contributed by atoms with Gasteiger partial charge >= 0.3 is 6.18 Å². The van der Waals surface area contributed by atoms with Gasteiger partial charge < -0.3 is 11.1 Å². The molecule has 3 N–H and O–H groups in total. The Morgan fingerprint density at radius 2 is 1.91 bits per heavy atom. The van der Waals surface area contributed by atoms with Gasteiger partial charge in [0.25, 0.3) is 0 Å². The van der Waals surface area contributed by atoms with Gasteiger partial charge in [0.1, 0.15) is 0 Å². The van der Waals surface area contributed by atoms with Gasteiger partial charge in [-0.2, -0.15) is 13.2 Å². The van der Waals surface area contributed by atoms with E-state index in [-0.39, 0.29) is 0 Å². The molecule has 0 unspecified atom stereocenters. The van der Waals surface area contributed by atoms with Gasteiger partial charge in [-0.1, -0.05) is 12.1 Å². The van der Waals surface area contributed by atoms with Gasteiger partial charge in [-0.25, -0.2) is 4.98 Å². The second kappa shape index (κ2) is 7.29. The van der Waals surface area contributed by atoms with E-state index in [2.05, 4.69) is 15.2 Å². The van der Waals surface area contributed by atoms with E-state index in [9.17, 15) is 13.2 Å². The molecule has 1 aromatic heterocycles. The van der Waals surface area contributed by atoms with Crippen LogP contribution in [-0.4, -0.2) is 37.1 Å². The minimum Gasteiger partial charge on any atom is -0.375 e. The molecule has 1 aromatic carbocycles. The van der Waals surface area contributed by atoms with Gasteiger partial charge in [-0.05, 0) is 26.2 Å². The van der Waals surface area contributed by atoms with E-state index in [4.69, 9.17) is 5.73 Å². The second-order valence-corrected chi connectivity index (χ2v) is 6.36. The molecule has 0 bridgehead atoms. The summed E-state index contributed by atoms with van der Waals surface area (Å²) in [6.07, 6.45) is -4.34. The molecule has 23 heavy (non-hydrogen) atoms. The van der Waals surface area contributed by atoms with E-state index in [1.807, 2.05) is 14.1 Å². The van der Waals surface area contributed by atoms with E-state index < -0.39 is 11.7 Å². The Bertz CT molecular complexity index is 637. The zero-order valence-electron chi connectivity index (χ0n) is 12.9. The summed E-state index contributed by atoms with van der Waals surface area (Å²) in [5.74, 6) is 0. The molecule has 8 heteroatoms. The van der Waals surface area contributed by atoms with Crippen LogP contribution in [0.2, 0.25) is 0 Å². The summed E-state index contributed by atoms with van der Waals surface area (Å²) in [5.41, 5.74) is 6.41. The largest absolute Gasteiger partial charge is 0.416 e. The summed E-state index contributed by atoms with van der Waals surface area (Å²) < 4.78 is 37.9. The number of hydrogen-bond acceptors (Lipinski definition) is 5. The van der Waals surface area contributed by atoms with Crippen molar-refractivity contribution in [2.75, 3.05) is 32.9 Å². The lowest BCUT2D eigenvalue weighted by molar-refractivity contribution is -0.137. The fourth-order valence-electron chi connectivity index (χ4n) is 2.15. The van der Waals surface area contributed by atoms with Crippen LogP contribution in [0.4, 0.5) is 18.3 Å². The van der Waals surface area contributed by atoms with Gasteiger partial charge in [0.15, 0.2) is 5.13 Å². The number of nitrogens with zero attached hydrogens (tertiary/aromatic N) is 2. The van der Waals surface area contributed by atoms with Gasteiger partial charge in [0.2, 0.25) is 0 Å². The standard InChI is InChI=1S/C15H19F3N4S/c1-20-7-8-22(2)9-12-13(21-14(19)23-12)10-3-5-11(6-4-10)15(16,17)18/h3-6,20H,7-9H2,1-2H3,(H2,19,21). The molecule has 1 heterocycles. The Kier molecular flexibility index (Phi) is 5.61. The van der Waals surface area contributed by atoms with Crippen LogP contribution in [0.15, 0.2) is 24.3 Å². The summed E-state index contributed by atoms with van der Waals surface area (Å²) in [7, 11) is 3.86. The van der Waals surface area contributed by atoms with E-state index in [0.29, 0.717) is 22.9 Å². The number of aromatic nitrogens is 1. The predicted octanol–water partition coefficient (Wildman–Crippen LogP) is 3.06. The minimum absolute atomic E-state index is 0.414. The number of halogens is 3. The highest BCUT2D eigenvalue weighted by molar-refractivity contribution is 7.15. The quantitative estimate of drug-likeness (QED) is 0.846. The van der Waals surface area contributed by atoms with Crippen LogP contribution in [0.25, 0.3) is 11.3 Å². The molecule has 0 fully saturated rings. The van der Waals surface area contributed by atoms with Crippen LogP contribution in [0.3, 0.4) is 0 Å². The van der Waals surface area contributed by atoms with Crippen LogP contribution < -0.4 is 11.1 Å². The molecule has 0 aliphatic rings. The fourth-order valence-corrected chi connectivity index (χ4v) is 3.08. The average molecular weight is 344 g/mol. The summed E-state index contributed by atoms with van der Waals surface area (Å²) >= 11 is 1.36. The Morgan fingerprint density at radius 3 is 2.48 bits per heavy atom. The van der Waals surface area contributed by atoms with E-state index >= 15 is 0 Å². The lowest BCUT2D eigenvalue weighted by atomic mass is 10.1. The summed E-state index contributed by atoms with van der Waals surface area (Å²) in [4.78, 5) is 7.33. The van der Waals surface area contributed by atoms with Crippen molar-refractivity contribution in [2.24, 2.45) is 0 Å². The molecule has 2 rings (SSSR count). The maximum Gasteiger partial charge on any atom is 0.416 e. The second-order valence-electron chi connectivity index (χ2n) is 5.24. The first-order valence-electron chi connectivity index (χ1n) is 7.07. The third-order valence-corrected chi connectivity index (χ3v) is 4.23. The highest BCUT2D eigenvalue weighted by Gasteiger charge is 2.30. The number of nitrogen functional groups attached to an aromatic ring is 1. The molecule has 2 aromatic rings. The maximum absolute atomic E-state index is 12.6. The molecule has 0 radical (unpaired) electrons. The first kappa shape index (κ1) is 17.7. The van der Waals surface area contributed by atoms with Gasteiger partial charge in [0, 0.05) is 30.1 Å². The zero-order chi connectivity index (χ0) is 17.0. The number of nitrogens with one attached hydrogen (secondary N) is 1. The van der Waals surface area contributed by atoms with Gasteiger partial charge in [0.05, 0.1) is 11.3 Å². The fraction of sp³-hybridized carbons (Fsp3) is 0.400. The van der Waals surface area contributed by atoms with E-state index in [0.717, 1.165) is 30.1 Å². The number of nitrogens with two attached hydrogens (primary N) is 1. The first-order valence-corrected chi connectivity index (χ1v) is 7.89. The van der Waals surface area contributed by atoms with Crippen LogP contribution in [-0.2, 0) is 12.7 Å². The smallest absolute Gasteiger partial charge is 0.375 e. The monoisotopic (exact) mass is 344 g/mol.